The van der Waals surface area contributed by atoms with Crippen LogP contribution in [0.4, 0.5) is 10.1 Å². The summed E-state index contributed by atoms with van der Waals surface area (Å²) in [5.41, 5.74) is 2.40. The molecule has 2 fully saturated rings. The minimum absolute atomic E-state index is 0.134. The van der Waals surface area contributed by atoms with Crippen LogP contribution in [-0.2, 0) is 0 Å². The first kappa shape index (κ1) is 16.2. The lowest BCUT2D eigenvalue weighted by Crippen LogP contribution is -2.47. The van der Waals surface area contributed by atoms with Gasteiger partial charge in [-0.15, -0.1) is 0 Å². The van der Waals surface area contributed by atoms with Crippen LogP contribution in [0.1, 0.15) is 33.1 Å². The Kier molecular flexibility index (Phi) is 4.43. The van der Waals surface area contributed by atoms with E-state index >= 15 is 0 Å². The van der Waals surface area contributed by atoms with Crippen LogP contribution in [0.25, 0.3) is 11.0 Å². The fourth-order valence-electron chi connectivity index (χ4n) is 3.90. The van der Waals surface area contributed by atoms with Gasteiger partial charge in [-0.3, -0.25) is 4.90 Å². The summed E-state index contributed by atoms with van der Waals surface area (Å²) in [7, 11) is 0. The molecule has 2 aromatic rings. The Hall–Kier alpha value is -1.27. The molecule has 0 spiro atoms. The molecule has 0 saturated carbocycles. The Bertz CT molecular complexity index is 727. The summed E-state index contributed by atoms with van der Waals surface area (Å²) in [5, 5.41) is 1.46. The van der Waals surface area contributed by atoms with Crippen LogP contribution < -0.4 is 4.90 Å². The van der Waals surface area contributed by atoms with E-state index in [0.29, 0.717) is 11.3 Å². The van der Waals surface area contributed by atoms with Gasteiger partial charge in [0.05, 0.1) is 16.7 Å². The number of rotatable bonds is 5. The van der Waals surface area contributed by atoms with Gasteiger partial charge in [0.15, 0.2) is 5.16 Å². The van der Waals surface area contributed by atoms with Crippen LogP contribution in [-0.4, -0.2) is 52.3 Å². The van der Waals surface area contributed by atoms with E-state index in [-0.39, 0.29) is 5.82 Å². The summed E-state index contributed by atoms with van der Waals surface area (Å²) in [6.45, 7) is 8.54. The molecule has 2 bridgehead atoms. The maximum atomic E-state index is 14.7. The molecular formula is C18H25FN4S. The van der Waals surface area contributed by atoms with Crippen molar-refractivity contribution in [3.05, 3.63) is 17.9 Å². The van der Waals surface area contributed by atoms with E-state index in [4.69, 9.17) is 4.98 Å². The highest BCUT2D eigenvalue weighted by Gasteiger charge is 2.33. The molecule has 24 heavy (non-hydrogen) atoms. The van der Waals surface area contributed by atoms with Crippen molar-refractivity contribution < 1.29 is 4.39 Å². The van der Waals surface area contributed by atoms with E-state index in [2.05, 4.69) is 28.6 Å². The molecular weight excluding hydrogens is 323 g/mol. The maximum Gasteiger partial charge on any atom is 0.166 e. The minimum atomic E-state index is -0.134. The molecule has 3 heterocycles. The van der Waals surface area contributed by atoms with Gasteiger partial charge in [0.1, 0.15) is 5.82 Å². The quantitative estimate of drug-likeness (QED) is 0.832. The molecule has 2 aliphatic heterocycles. The van der Waals surface area contributed by atoms with Gasteiger partial charge in [-0.25, -0.2) is 9.37 Å². The van der Waals surface area contributed by atoms with E-state index in [1.807, 2.05) is 6.07 Å². The van der Waals surface area contributed by atoms with Gasteiger partial charge < -0.3 is 9.88 Å². The molecule has 130 valence electrons. The lowest BCUT2D eigenvalue weighted by atomic mass is 10.1. The third kappa shape index (κ3) is 2.90. The Morgan fingerprint density at radius 2 is 2.12 bits per heavy atom. The Morgan fingerprint density at radius 3 is 2.92 bits per heavy atom. The highest BCUT2D eigenvalue weighted by Crippen LogP contribution is 2.33. The number of nitrogens with one attached hydrogen (secondary N) is 1. The zero-order chi connectivity index (χ0) is 16.7. The fraction of sp³-hybridized carbons (Fsp3) is 0.611. The van der Waals surface area contributed by atoms with E-state index in [0.717, 1.165) is 67.3 Å². The topological polar surface area (TPSA) is 35.2 Å². The van der Waals surface area contributed by atoms with Gasteiger partial charge in [-0.2, -0.15) is 0 Å². The number of benzene rings is 1. The second-order valence-electron chi connectivity index (χ2n) is 6.86. The zero-order valence-electron chi connectivity index (χ0n) is 14.4. The van der Waals surface area contributed by atoms with E-state index in [9.17, 15) is 4.39 Å². The standard InChI is InChI=1S/C18H25FN4S/c1-3-13(4-2)24-18-20-15-9-14(19)17(10-16(15)21-18)23-8-7-22-6-5-12(23)11-22/h9-10,12-13H,3-8,11H2,1-2H3,(H,20,21). The number of hydrogen-bond donors (Lipinski definition) is 1. The summed E-state index contributed by atoms with van der Waals surface area (Å²) < 4.78 is 14.7. The normalized spacial score (nSPS) is 23.6. The number of imidazole rings is 1. The van der Waals surface area contributed by atoms with E-state index in [1.165, 1.54) is 0 Å². The smallest absolute Gasteiger partial charge is 0.166 e. The van der Waals surface area contributed by atoms with Crippen LogP contribution in [0.5, 0.6) is 0 Å². The number of aromatic nitrogens is 2. The molecule has 0 amide bonds. The van der Waals surface area contributed by atoms with E-state index in [1.54, 1.807) is 17.8 Å². The third-order valence-corrected chi connectivity index (χ3v) is 6.79. The predicted molar refractivity (Wildman–Crippen MR) is 98.5 cm³/mol. The van der Waals surface area contributed by atoms with Crippen LogP contribution in [0.15, 0.2) is 17.3 Å². The highest BCUT2D eigenvalue weighted by atomic mass is 32.2. The summed E-state index contributed by atoms with van der Waals surface area (Å²) in [6.07, 6.45) is 3.36. The number of aromatic amines is 1. The maximum absolute atomic E-state index is 14.7. The van der Waals surface area contributed by atoms with Crippen molar-refractivity contribution in [2.24, 2.45) is 0 Å². The van der Waals surface area contributed by atoms with Crippen molar-refractivity contribution in [3.63, 3.8) is 0 Å². The zero-order valence-corrected chi connectivity index (χ0v) is 15.2. The Morgan fingerprint density at radius 1 is 1.29 bits per heavy atom. The fourth-order valence-corrected chi connectivity index (χ4v) is 4.87. The number of fused-ring (bicyclic) bond motifs is 3. The van der Waals surface area contributed by atoms with Crippen molar-refractivity contribution in [2.45, 2.75) is 49.6 Å². The molecule has 6 heteroatoms. The number of nitrogens with zero attached hydrogens (tertiary/aromatic N) is 3. The monoisotopic (exact) mass is 348 g/mol. The summed E-state index contributed by atoms with van der Waals surface area (Å²) in [4.78, 5) is 12.7. The molecule has 2 saturated heterocycles. The van der Waals surface area contributed by atoms with Crippen LogP contribution in [0.2, 0.25) is 0 Å². The lowest BCUT2D eigenvalue weighted by molar-refractivity contribution is 0.310. The molecule has 1 aromatic carbocycles. The van der Waals surface area contributed by atoms with Gasteiger partial charge in [-0.05, 0) is 25.3 Å². The number of H-pyrrole nitrogens is 1. The first-order valence-electron chi connectivity index (χ1n) is 9.02. The Labute approximate surface area is 146 Å². The summed E-state index contributed by atoms with van der Waals surface area (Å²) >= 11 is 1.76. The molecule has 1 aromatic heterocycles. The number of halogens is 1. The summed E-state index contributed by atoms with van der Waals surface area (Å²) in [6, 6.07) is 4.00. The van der Waals surface area contributed by atoms with Gasteiger partial charge in [-0.1, -0.05) is 25.6 Å². The van der Waals surface area contributed by atoms with Crippen molar-refractivity contribution in [1.29, 1.82) is 0 Å². The minimum Gasteiger partial charge on any atom is -0.363 e. The molecule has 4 nitrogen and oxygen atoms in total. The SMILES string of the molecule is CCC(CC)Sc1nc2cc(N3CCN4CCC3C4)c(F)cc2[nH]1. The van der Waals surface area contributed by atoms with Crippen molar-refractivity contribution in [3.8, 4) is 0 Å². The van der Waals surface area contributed by atoms with Gasteiger partial charge in [0.25, 0.3) is 0 Å². The first-order chi connectivity index (χ1) is 11.7. The highest BCUT2D eigenvalue weighted by molar-refractivity contribution is 7.99. The number of hydrogen-bond acceptors (Lipinski definition) is 4. The van der Waals surface area contributed by atoms with Crippen molar-refractivity contribution in [2.75, 3.05) is 31.1 Å². The number of thioether (sulfide) groups is 1. The van der Waals surface area contributed by atoms with Gasteiger partial charge in [0.2, 0.25) is 0 Å². The largest absolute Gasteiger partial charge is 0.363 e. The Balaban J connectivity index is 1.64. The van der Waals surface area contributed by atoms with Crippen molar-refractivity contribution in [1.82, 2.24) is 14.9 Å². The molecule has 4 rings (SSSR count). The first-order valence-corrected chi connectivity index (χ1v) is 9.90. The summed E-state index contributed by atoms with van der Waals surface area (Å²) in [5.74, 6) is -0.134. The van der Waals surface area contributed by atoms with Crippen LogP contribution >= 0.6 is 11.8 Å². The average molecular weight is 348 g/mol. The molecule has 2 aliphatic rings. The predicted octanol–water partition coefficient (Wildman–Crippen LogP) is 3.88. The van der Waals surface area contributed by atoms with Crippen LogP contribution in [0, 0.1) is 5.82 Å². The second kappa shape index (κ2) is 6.56. The molecule has 0 radical (unpaired) electrons. The van der Waals surface area contributed by atoms with Gasteiger partial charge >= 0.3 is 0 Å². The molecule has 0 aliphatic carbocycles. The second-order valence-corrected chi connectivity index (χ2v) is 8.14. The van der Waals surface area contributed by atoms with Crippen LogP contribution in [0.3, 0.4) is 0 Å². The molecule has 2 unspecified atom stereocenters. The van der Waals surface area contributed by atoms with E-state index < -0.39 is 0 Å². The van der Waals surface area contributed by atoms with Gasteiger partial charge in [0, 0.05) is 43.5 Å². The third-order valence-electron chi connectivity index (χ3n) is 5.37. The number of anilines is 1. The molecule has 2 atom stereocenters. The van der Waals surface area contributed by atoms with Crippen molar-refractivity contribution >= 4 is 28.5 Å². The number of piperazine rings is 1. The lowest BCUT2D eigenvalue weighted by Gasteiger charge is -2.36. The average Bonchev–Trinajstić information content (AvgIpc) is 3.15. The molecule has 1 N–H and O–H groups in total.